The summed E-state index contributed by atoms with van der Waals surface area (Å²) in [5, 5.41) is 3.99. The third kappa shape index (κ3) is 4.81. The first-order valence-electron chi connectivity index (χ1n) is 7.64. The first-order chi connectivity index (χ1) is 11.2. The van der Waals surface area contributed by atoms with Crippen LogP contribution in [0.25, 0.3) is 0 Å². The molecule has 0 radical (unpaired) electrons. The van der Waals surface area contributed by atoms with Gasteiger partial charge in [0.2, 0.25) is 15.9 Å². The topological polar surface area (TPSA) is 85.1 Å². The van der Waals surface area contributed by atoms with Crippen LogP contribution in [0.15, 0.2) is 39.8 Å². The van der Waals surface area contributed by atoms with Gasteiger partial charge in [0.25, 0.3) is 0 Å². The van der Waals surface area contributed by atoms with Crippen LogP contribution in [0.2, 0.25) is 0 Å². The lowest BCUT2D eigenvalue weighted by Gasteiger charge is -2.15. The first-order valence-corrected chi connectivity index (χ1v) is 10.5. The van der Waals surface area contributed by atoms with Crippen LogP contribution in [0.1, 0.15) is 44.9 Å². The van der Waals surface area contributed by atoms with Gasteiger partial charge in [-0.1, -0.05) is 44.1 Å². The summed E-state index contributed by atoms with van der Waals surface area (Å²) in [7, 11) is -3.65. The molecule has 1 atom stereocenters. The highest BCUT2D eigenvalue weighted by Crippen LogP contribution is 2.24. The van der Waals surface area contributed by atoms with Gasteiger partial charge in [-0.05, 0) is 30.6 Å². The molecule has 2 aromatic rings. The van der Waals surface area contributed by atoms with Crippen molar-refractivity contribution in [1.82, 2.24) is 14.9 Å². The quantitative estimate of drug-likeness (QED) is 0.807. The molecule has 0 aliphatic rings. The number of nitrogens with zero attached hydrogens (tertiary/aromatic N) is 2. The predicted octanol–water partition coefficient (Wildman–Crippen LogP) is 3.14. The number of aromatic nitrogens is 2. The van der Waals surface area contributed by atoms with Crippen LogP contribution < -0.4 is 4.72 Å². The molecule has 8 heteroatoms. The molecule has 0 amide bonds. The van der Waals surface area contributed by atoms with Gasteiger partial charge in [0.05, 0.1) is 4.90 Å². The van der Waals surface area contributed by atoms with Gasteiger partial charge in [-0.3, -0.25) is 0 Å². The average Bonchev–Trinajstić information content (AvgIpc) is 3.02. The van der Waals surface area contributed by atoms with Gasteiger partial charge >= 0.3 is 0 Å². The lowest BCUT2D eigenvalue weighted by molar-refractivity contribution is 0.334. The standard InChI is InChI=1S/C16H23N3O3S2/c1-16(2,3)15-17-14(22-18-15)13(10-11-23-4)19-24(20,21)12-8-6-5-7-9-12/h5-9,13,19H,10-11H2,1-4H3. The lowest BCUT2D eigenvalue weighted by atomic mass is 9.96. The van der Waals surface area contributed by atoms with E-state index in [0.29, 0.717) is 18.1 Å². The predicted molar refractivity (Wildman–Crippen MR) is 95.5 cm³/mol. The average molecular weight is 370 g/mol. The molecule has 0 bridgehead atoms. The van der Waals surface area contributed by atoms with E-state index in [0.717, 1.165) is 5.75 Å². The number of hydrogen-bond acceptors (Lipinski definition) is 6. The lowest BCUT2D eigenvalue weighted by Crippen LogP contribution is -2.29. The van der Waals surface area contributed by atoms with Crippen molar-refractivity contribution in [2.45, 2.75) is 43.5 Å². The maximum Gasteiger partial charge on any atom is 0.244 e. The molecule has 1 heterocycles. The van der Waals surface area contributed by atoms with E-state index < -0.39 is 16.1 Å². The molecular formula is C16H23N3O3S2. The Bertz CT molecular complexity index is 752. The summed E-state index contributed by atoms with van der Waals surface area (Å²) in [6, 6.07) is 7.72. The Morgan fingerprint density at radius 1 is 1.25 bits per heavy atom. The Labute approximate surface area is 147 Å². The minimum absolute atomic E-state index is 0.217. The second-order valence-electron chi connectivity index (χ2n) is 6.47. The van der Waals surface area contributed by atoms with E-state index in [1.807, 2.05) is 27.0 Å². The molecule has 1 unspecified atom stereocenters. The third-order valence-corrected chi connectivity index (χ3v) is 5.50. The van der Waals surface area contributed by atoms with Gasteiger partial charge < -0.3 is 4.52 Å². The summed E-state index contributed by atoms with van der Waals surface area (Å²) >= 11 is 1.63. The highest BCUT2D eigenvalue weighted by molar-refractivity contribution is 7.98. The second kappa shape index (κ2) is 7.67. The van der Waals surface area contributed by atoms with E-state index in [9.17, 15) is 8.42 Å². The third-order valence-electron chi connectivity index (χ3n) is 3.37. The number of thioether (sulfide) groups is 1. The Morgan fingerprint density at radius 2 is 1.92 bits per heavy atom. The largest absolute Gasteiger partial charge is 0.338 e. The van der Waals surface area contributed by atoms with Gasteiger partial charge in [0, 0.05) is 5.41 Å². The molecule has 0 aliphatic heterocycles. The molecule has 1 aromatic heterocycles. The number of nitrogens with one attached hydrogen (secondary N) is 1. The zero-order valence-electron chi connectivity index (χ0n) is 14.3. The van der Waals surface area contributed by atoms with Crippen molar-refractivity contribution < 1.29 is 12.9 Å². The van der Waals surface area contributed by atoms with E-state index >= 15 is 0 Å². The Morgan fingerprint density at radius 3 is 2.46 bits per heavy atom. The molecule has 0 saturated carbocycles. The van der Waals surface area contributed by atoms with Gasteiger partial charge in [-0.15, -0.1) is 0 Å². The second-order valence-corrected chi connectivity index (χ2v) is 9.17. The van der Waals surface area contributed by atoms with Gasteiger partial charge in [-0.25, -0.2) is 8.42 Å². The first kappa shape index (κ1) is 19.0. The normalized spacial score (nSPS) is 13.8. The monoisotopic (exact) mass is 369 g/mol. The zero-order chi connectivity index (χ0) is 17.8. The molecule has 24 heavy (non-hydrogen) atoms. The van der Waals surface area contributed by atoms with E-state index in [4.69, 9.17) is 4.52 Å². The van der Waals surface area contributed by atoms with Gasteiger partial charge in [-0.2, -0.15) is 21.5 Å². The Balaban J connectivity index is 2.27. The number of rotatable bonds is 7. The molecule has 0 saturated heterocycles. The maximum atomic E-state index is 12.6. The maximum absolute atomic E-state index is 12.6. The fourth-order valence-electron chi connectivity index (χ4n) is 2.00. The van der Waals surface area contributed by atoms with Gasteiger partial charge in [0.1, 0.15) is 6.04 Å². The van der Waals surface area contributed by atoms with E-state index in [-0.39, 0.29) is 10.3 Å². The van der Waals surface area contributed by atoms with Crippen LogP contribution in [0.4, 0.5) is 0 Å². The van der Waals surface area contributed by atoms with E-state index in [2.05, 4.69) is 14.9 Å². The highest BCUT2D eigenvalue weighted by atomic mass is 32.2. The summed E-state index contributed by atoms with van der Waals surface area (Å²) in [6.45, 7) is 5.94. The number of hydrogen-bond donors (Lipinski definition) is 1. The summed E-state index contributed by atoms with van der Waals surface area (Å²) in [6.07, 6.45) is 2.54. The van der Waals surface area contributed by atoms with Crippen molar-refractivity contribution >= 4 is 21.8 Å². The molecule has 1 aromatic carbocycles. The van der Waals surface area contributed by atoms with Crippen molar-refractivity contribution in [2.24, 2.45) is 0 Å². The summed E-state index contributed by atoms with van der Waals surface area (Å²) in [5.74, 6) is 1.63. The Kier molecular flexibility index (Phi) is 6.06. The molecular weight excluding hydrogens is 346 g/mol. The SMILES string of the molecule is CSCCC(NS(=O)(=O)c1ccccc1)c1nc(C(C)(C)C)no1. The Hall–Kier alpha value is -1.38. The van der Waals surface area contributed by atoms with Crippen LogP contribution in [-0.2, 0) is 15.4 Å². The fraction of sp³-hybridized carbons (Fsp3) is 0.500. The molecule has 1 N–H and O–H groups in total. The van der Waals surface area contributed by atoms with Crippen molar-refractivity contribution in [3.05, 3.63) is 42.0 Å². The van der Waals surface area contributed by atoms with Crippen LogP contribution in [0.3, 0.4) is 0 Å². The van der Waals surface area contributed by atoms with E-state index in [1.165, 1.54) is 0 Å². The van der Waals surface area contributed by atoms with Crippen molar-refractivity contribution in [2.75, 3.05) is 12.0 Å². The minimum Gasteiger partial charge on any atom is -0.338 e. The van der Waals surface area contributed by atoms with Crippen molar-refractivity contribution in [1.29, 1.82) is 0 Å². The molecule has 0 spiro atoms. The minimum atomic E-state index is -3.65. The fourth-order valence-corrected chi connectivity index (χ4v) is 3.72. The van der Waals surface area contributed by atoms with Crippen molar-refractivity contribution in [3.8, 4) is 0 Å². The summed E-state index contributed by atoms with van der Waals surface area (Å²) in [4.78, 5) is 4.62. The van der Waals surface area contributed by atoms with Crippen LogP contribution in [0.5, 0.6) is 0 Å². The summed E-state index contributed by atoms with van der Waals surface area (Å²) < 4.78 is 33.2. The van der Waals surface area contributed by atoms with E-state index in [1.54, 1.807) is 42.1 Å². The number of sulfonamides is 1. The highest BCUT2D eigenvalue weighted by Gasteiger charge is 2.28. The van der Waals surface area contributed by atoms with Crippen LogP contribution in [0, 0.1) is 0 Å². The molecule has 0 fully saturated rings. The van der Waals surface area contributed by atoms with Crippen molar-refractivity contribution in [3.63, 3.8) is 0 Å². The zero-order valence-corrected chi connectivity index (χ0v) is 15.9. The van der Waals surface area contributed by atoms with Crippen LogP contribution >= 0.6 is 11.8 Å². The molecule has 132 valence electrons. The van der Waals surface area contributed by atoms with Crippen LogP contribution in [-0.4, -0.2) is 30.6 Å². The van der Waals surface area contributed by atoms with Gasteiger partial charge in [0.15, 0.2) is 5.82 Å². The number of benzene rings is 1. The molecule has 0 aliphatic carbocycles. The summed E-state index contributed by atoms with van der Waals surface area (Å²) in [5.41, 5.74) is -0.260. The molecule has 2 rings (SSSR count). The molecule has 6 nitrogen and oxygen atoms in total. The smallest absolute Gasteiger partial charge is 0.244 e.